The van der Waals surface area contributed by atoms with Gasteiger partial charge in [0.2, 0.25) is 0 Å². The molecule has 1 aromatic heterocycles. The molecule has 1 heterocycles. The third-order valence-corrected chi connectivity index (χ3v) is 7.07. The van der Waals surface area contributed by atoms with Gasteiger partial charge in [-0.2, -0.15) is 0 Å². The van der Waals surface area contributed by atoms with Gasteiger partial charge in [-0.25, -0.2) is 4.99 Å². The predicted octanol–water partition coefficient (Wildman–Crippen LogP) is 6.03. The zero-order valence-electron chi connectivity index (χ0n) is 16.5. The van der Waals surface area contributed by atoms with Crippen LogP contribution >= 0.6 is 23.1 Å². The maximum Gasteiger partial charge on any atom is 0.254 e. The van der Waals surface area contributed by atoms with E-state index in [4.69, 9.17) is 4.99 Å². The molecule has 3 nitrogen and oxygen atoms in total. The van der Waals surface area contributed by atoms with Gasteiger partial charge < -0.3 is 5.32 Å². The first-order valence-corrected chi connectivity index (χ1v) is 11.9. The van der Waals surface area contributed by atoms with E-state index in [0.29, 0.717) is 6.54 Å². The lowest BCUT2D eigenvalue weighted by Crippen LogP contribution is -2.24. The number of carbonyl (C=O) groups is 1. The molecule has 1 amide bonds. The summed E-state index contributed by atoms with van der Waals surface area (Å²) in [5.41, 5.74) is 4.13. The number of amides is 1. The molecule has 0 aliphatic heterocycles. The Hall–Kier alpha value is -2.37. The second kappa shape index (κ2) is 9.42. The molecule has 0 atom stereocenters. The summed E-state index contributed by atoms with van der Waals surface area (Å²) in [4.78, 5) is 20.4. The van der Waals surface area contributed by atoms with Crippen molar-refractivity contribution in [2.45, 2.75) is 37.1 Å². The number of nitrogens with zero attached hydrogens (tertiary/aromatic N) is 1. The topological polar surface area (TPSA) is 41.5 Å². The third-order valence-electron chi connectivity index (χ3n) is 5.12. The number of aryl methyl sites for hydroxylation is 1. The fourth-order valence-electron chi connectivity index (χ4n) is 3.57. The summed E-state index contributed by atoms with van der Waals surface area (Å²) in [6, 6.07) is 18.4. The first-order valence-electron chi connectivity index (χ1n) is 9.89. The van der Waals surface area contributed by atoms with E-state index < -0.39 is 0 Å². The maximum absolute atomic E-state index is 13.1. The fraction of sp³-hybridized carbons (Fsp3) is 0.250. The lowest BCUT2D eigenvalue weighted by molar-refractivity contribution is 0.0951. The number of carbonyl (C=O) groups excluding carboxylic acids is 1. The number of rotatable bonds is 6. The molecule has 0 radical (unpaired) electrons. The first kappa shape index (κ1) is 19.9. The van der Waals surface area contributed by atoms with E-state index in [2.05, 4.69) is 35.8 Å². The van der Waals surface area contributed by atoms with Crippen LogP contribution in [-0.4, -0.2) is 18.4 Å². The number of nitrogens with one attached hydrogen (secondary N) is 1. The van der Waals surface area contributed by atoms with Crippen molar-refractivity contribution in [3.05, 3.63) is 81.7 Å². The van der Waals surface area contributed by atoms with Crippen LogP contribution in [0.4, 0.5) is 5.00 Å². The molecule has 5 heteroatoms. The van der Waals surface area contributed by atoms with Crippen molar-refractivity contribution in [1.29, 1.82) is 0 Å². The van der Waals surface area contributed by atoms with E-state index in [-0.39, 0.29) is 5.91 Å². The van der Waals surface area contributed by atoms with Crippen LogP contribution in [0.5, 0.6) is 0 Å². The molecule has 0 unspecified atom stereocenters. The molecule has 29 heavy (non-hydrogen) atoms. The standard InChI is InChI=1S/C24H24N2OS2/c1-28-19-13-11-18(12-14-19)16-26-24-22(20-9-5-6-10-21(20)29-24)23(27)25-15-17-7-3-2-4-8-17/h2-4,7-8,11-14,16H,5-6,9-10,15H2,1H3,(H,25,27)/b26-16-. The van der Waals surface area contributed by atoms with Crippen LogP contribution in [-0.2, 0) is 19.4 Å². The second-order valence-electron chi connectivity index (χ2n) is 7.09. The van der Waals surface area contributed by atoms with Crippen molar-refractivity contribution in [2.75, 3.05) is 6.26 Å². The van der Waals surface area contributed by atoms with E-state index in [9.17, 15) is 4.79 Å². The van der Waals surface area contributed by atoms with Gasteiger partial charge in [-0.15, -0.1) is 23.1 Å². The summed E-state index contributed by atoms with van der Waals surface area (Å²) in [5.74, 6) is -0.0156. The highest BCUT2D eigenvalue weighted by molar-refractivity contribution is 7.98. The van der Waals surface area contributed by atoms with Crippen LogP contribution in [0.3, 0.4) is 0 Å². The normalized spacial score (nSPS) is 13.4. The minimum Gasteiger partial charge on any atom is -0.348 e. The lowest BCUT2D eigenvalue weighted by atomic mass is 9.95. The Labute approximate surface area is 180 Å². The van der Waals surface area contributed by atoms with Gasteiger partial charge in [0.25, 0.3) is 5.91 Å². The molecular weight excluding hydrogens is 396 g/mol. The molecular formula is C24H24N2OS2. The maximum atomic E-state index is 13.1. The largest absolute Gasteiger partial charge is 0.348 e. The zero-order chi connectivity index (χ0) is 20.1. The Kier molecular flexibility index (Phi) is 6.47. The Balaban J connectivity index is 1.58. The molecule has 0 fully saturated rings. The van der Waals surface area contributed by atoms with Crippen LogP contribution in [0, 0.1) is 0 Å². The van der Waals surface area contributed by atoms with Crippen molar-refractivity contribution in [1.82, 2.24) is 5.32 Å². The molecule has 3 aromatic rings. The molecule has 2 aromatic carbocycles. The zero-order valence-corrected chi connectivity index (χ0v) is 18.1. The molecule has 1 aliphatic rings. The second-order valence-corrected chi connectivity index (χ2v) is 9.05. The van der Waals surface area contributed by atoms with E-state index in [1.807, 2.05) is 36.5 Å². The first-order chi connectivity index (χ1) is 14.2. The number of thiophene rings is 1. The Morgan fingerprint density at radius 3 is 2.62 bits per heavy atom. The van der Waals surface area contributed by atoms with Crippen molar-refractivity contribution >= 4 is 40.2 Å². The van der Waals surface area contributed by atoms with Crippen LogP contribution < -0.4 is 5.32 Å². The monoisotopic (exact) mass is 420 g/mol. The lowest BCUT2D eigenvalue weighted by Gasteiger charge is -2.12. The van der Waals surface area contributed by atoms with Gasteiger partial charge in [-0.3, -0.25) is 4.79 Å². The highest BCUT2D eigenvalue weighted by Crippen LogP contribution is 2.39. The molecule has 0 saturated carbocycles. The SMILES string of the molecule is CSc1ccc(/C=N\c2sc3c(c2C(=O)NCc2ccccc2)CCCC3)cc1. The summed E-state index contributed by atoms with van der Waals surface area (Å²) in [6.45, 7) is 0.531. The summed E-state index contributed by atoms with van der Waals surface area (Å²) in [5, 5.41) is 3.93. The smallest absolute Gasteiger partial charge is 0.254 e. The summed E-state index contributed by atoms with van der Waals surface area (Å²) in [7, 11) is 0. The third kappa shape index (κ3) is 4.80. The number of thioether (sulfide) groups is 1. The van der Waals surface area contributed by atoms with E-state index in [1.165, 1.54) is 21.8 Å². The van der Waals surface area contributed by atoms with E-state index >= 15 is 0 Å². The average molecular weight is 421 g/mol. The van der Waals surface area contributed by atoms with Crippen molar-refractivity contribution in [3.63, 3.8) is 0 Å². The fourth-order valence-corrected chi connectivity index (χ4v) is 5.21. The van der Waals surface area contributed by atoms with Gasteiger partial charge in [0.1, 0.15) is 5.00 Å². The summed E-state index contributed by atoms with van der Waals surface area (Å²) >= 11 is 3.40. The van der Waals surface area contributed by atoms with Gasteiger partial charge in [0.15, 0.2) is 0 Å². The van der Waals surface area contributed by atoms with E-state index in [1.54, 1.807) is 23.1 Å². The minimum absolute atomic E-state index is 0.0156. The molecule has 1 aliphatic carbocycles. The summed E-state index contributed by atoms with van der Waals surface area (Å²) < 4.78 is 0. The number of hydrogen-bond donors (Lipinski definition) is 1. The van der Waals surface area contributed by atoms with Crippen molar-refractivity contribution in [2.24, 2.45) is 4.99 Å². The Morgan fingerprint density at radius 2 is 1.86 bits per heavy atom. The summed E-state index contributed by atoms with van der Waals surface area (Å²) in [6.07, 6.45) is 8.30. The number of fused-ring (bicyclic) bond motifs is 1. The predicted molar refractivity (Wildman–Crippen MR) is 124 cm³/mol. The van der Waals surface area contributed by atoms with Gasteiger partial charge in [-0.1, -0.05) is 42.5 Å². The number of aliphatic imine (C=N–C) groups is 1. The minimum atomic E-state index is -0.0156. The molecule has 148 valence electrons. The van der Waals surface area contributed by atoms with Crippen LogP contribution in [0.1, 0.15) is 44.8 Å². The quantitative estimate of drug-likeness (QED) is 0.391. The Morgan fingerprint density at radius 1 is 1.10 bits per heavy atom. The molecule has 0 bridgehead atoms. The Bertz CT molecular complexity index is 1010. The van der Waals surface area contributed by atoms with E-state index in [0.717, 1.165) is 41.0 Å². The highest BCUT2D eigenvalue weighted by Gasteiger charge is 2.25. The number of hydrogen-bond acceptors (Lipinski definition) is 4. The molecule has 1 N–H and O–H groups in total. The average Bonchev–Trinajstić information content (AvgIpc) is 3.15. The van der Waals surface area contributed by atoms with Crippen molar-refractivity contribution in [3.8, 4) is 0 Å². The highest BCUT2D eigenvalue weighted by atomic mass is 32.2. The van der Waals surface area contributed by atoms with Crippen LogP contribution in [0.2, 0.25) is 0 Å². The molecule has 0 saturated heterocycles. The van der Waals surface area contributed by atoms with Crippen LogP contribution in [0.25, 0.3) is 0 Å². The van der Waals surface area contributed by atoms with Crippen molar-refractivity contribution < 1.29 is 4.79 Å². The van der Waals surface area contributed by atoms with Crippen LogP contribution in [0.15, 0.2) is 64.5 Å². The van der Waals surface area contributed by atoms with Gasteiger partial charge in [0, 0.05) is 22.5 Å². The molecule has 4 rings (SSSR count). The number of benzene rings is 2. The van der Waals surface area contributed by atoms with Gasteiger partial charge >= 0.3 is 0 Å². The molecule has 0 spiro atoms. The van der Waals surface area contributed by atoms with Gasteiger partial charge in [0.05, 0.1) is 5.56 Å². The van der Waals surface area contributed by atoms with Gasteiger partial charge in [-0.05, 0) is 60.8 Å².